The molecular weight excluding hydrogens is 338 g/mol. The maximum Gasteiger partial charge on any atom is 0.407 e. The summed E-state index contributed by atoms with van der Waals surface area (Å²) in [4.78, 5) is 23.6. The van der Waals surface area contributed by atoms with E-state index in [0.29, 0.717) is 26.0 Å². The average Bonchev–Trinajstić information content (AvgIpc) is 3.13. The van der Waals surface area contributed by atoms with Crippen molar-refractivity contribution in [2.45, 2.75) is 51.4 Å². The zero-order valence-electron chi connectivity index (χ0n) is 15.4. The van der Waals surface area contributed by atoms with Gasteiger partial charge in [0.1, 0.15) is 12.4 Å². The summed E-state index contributed by atoms with van der Waals surface area (Å²) in [5.74, 6) is -0.304. The highest BCUT2D eigenvalue weighted by Gasteiger charge is 2.37. The van der Waals surface area contributed by atoms with E-state index in [9.17, 15) is 9.59 Å². The molecule has 1 atom stereocenters. The van der Waals surface area contributed by atoms with Gasteiger partial charge in [-0.25, -0.2) is 4.79 Å². The van der Waals surface area contributed by atoms with Gasteiger partial charge < -0.3 is 24.3 Å². The topological polar surface area (TPSA) is 83.1 Å². The molecule has 7 heteroatoms. The molecule has 1 heterocycles. The van der Waals surface area contributed by atoms with E-state index in [0.717, 1.165) is 24.2 Å². The molecule has 1 amide bonds. The third kappa shape index (κ3) is 6.22. The number of ether oxygens (including phenoxy) is 4. The molecular formula is C19H27NO6. The van der Waals surface area contributed by atoms with Crippen LogP contribution in [0.3, 0.4) is 0 Å². The largest absolute Gasteiger partial charge is 0.497 e. The lowest BCUT2D eigenvalue weighted by molar-refractivity contribution is -0.214. The van der Waals surface area contributed by atoms with Gasteiger partial charge in [-0.1, -0.05) is 19.1 Å². The minimum absolute atomic E-state index is 0.175. The van der Waals surface area contributed by atoms with E-state index in [1.807, 2.05) is 19.1 Å². The van der Waals surface area contributed by atoms with Gasteiger partial charge in [0.15, 0.2) is 0 Å². The summed E-state index contributed by atoms with van der Waals surface area (Å²) < 4.78 is 21.2. The summed E-state index contributed by atoms with van der Waals surface area (Å²) in [6, 6.07) is 7.27. The molecule has 0 radical (unpaired) electrons. The highest BCUT2D eigenvalue weighted by molar-refractivity contribution is 5.70. The summed E-state index contributed by atoms with van der Waals surface area (Å²) in [7, 11) is 1.59. The van der Waals surface area contributed by atoms with Crippen LogP contribution in [0.15, 0.2) is 24.3 Å². The van der Waals surface area contributed by atoms with Crippen molar-refractivity contribution < 1.29 is 28.5 Å². The molecule has 1 unspecified atom stereocenters. The fraction of sp³-hybridized carbons (Fsp3) is 0.579. The molecule has 0 aromatic heterocycles. The zero-order valence-corrected chi connectivity index (χ0v) is 15.4. The van der Waals surface area contributed by atoms with E-state index in [1.54, 1.807) is 19.2 Å². The molecule has 7 nitrogen and oxygen atoms in total. The number of carbonyl (C=O) groups is 2. The van der Waals surface area contributed by atoms with Crippen molar-refractivity contribution in [3.8, 4) is 5.75 Å². The molecule has 0 saturated carbocycles. The first-order valence-electron chi connectivity index (χ1n) is 8.96. The molecule has 1 saturated heterocycles. The first kappa shape index (κ1) is 20.0. The molecule has 1 fully saturated rings. The van der Waals surface area contributed by atoms with Crippen molar-refractivity contribution in [3.05, 3.63) is 29.8 Å². The Bertz CT molecular complexity index is 580. The van der Waals surface area contributed by atoms with Gasteiger partial charge in [-0.2, -0.15) is 0 Å². The Morgan fingerprint density at radius 3 is 2.65 bits per heavy atom. The van der Waals surface area contributed by atoms with Crippen molar-refractivity contribution in [3.63, 3.8) is 0 Å². The Balaban J connectivity index is 1.58. The zero-order chi connectivity index (χ0) is 18.8. The normalized spacial score (nSPS) is 19.0. The van der Waals surface area contributed by atoms with Gasteiger partial charge in [-0.05, 0) is 30.5 Å². The van der Waals surface area contributed by atoms with Crippen LogP contribution in [-0.2, 0) is 25.6 Å². The molecule has 1 aromatic rings. The number of hydrogen-bond donors (Lipinski definition) is 1. The Morgan fingerprint density at radius 1 is 1.27 bits per heavy atom. The molecule has 26 heavy (non-hydrogen) atoms. The number of rotatable bonds is 9. The predicted octanol–water partition coefficient (Wildman–Crippen LogP) is 3.16. The number of esters is 1. The lowest BCUT2D eigenvalue weighted by Gasteiger charge is -2.26. The second-order valence-electron chi connectivity index (χ2n) is 6.14. The van der Waals surface area contributed by atoms with Gasteiger partial charge >= 0.3 is 12.1 Å². The second kappa shape index (κ2) is 10.0. The number of benzene rings is 1. The van der Waals surface area contributed by atoms with Crippen LogP contribution < -0.4 is 10.1 Å². The minimum atomic E-state index is -0.748. The maximum atomic E-state index is 11.9. The van der Waals surface area contributed by atoms with Crippen LogP contribution >= 0.6 is 0 Å². The first-order chi connectivity index (χ1) is 12.6. The molecule has 2 rings (SSSR count). The van der Waals surface area contributed by atoms with Crippen LogP contribution in [-0.4, -0.2) is 38.1 Å². The predicted molar refractivity (Wildman–Crippen MR) is 94.7 cm³/mol. The fourth-order valence-electron chi connectivity index (χ4n) is 2.71. The number of carbonyl (C=O) groups excluding carboxylic acids is 2. The summed E-state index contributed by atoms with van der Waals surface area (Å²) >= 11 is 0. The molecule has 0 bridgehead atoms. The van der Waals surface area contributed by atoms with Crippen LogP contribution in [0.1, 0.15) is 44.6 Å². The maximum absolute atomic E-state index is 11.9. The molecule has 1 aromatic carbocycles. The quantitative estimate of drug-likeness (QED) is 0.535. The standard InChI is InChI=1S/C19H27NO6/c1-3-19(11-5-13-25-19)26-17(21)6-4-12-20-18(22)24-14-15-7-9-16(23-2)10-8-15/h7-10H,3-6,11-14H2,1-2H3,(H,20,22). The van der Waals surface area contributed by atoms with Crippen molar-refractivity contribution in [2.24, 2.45) is 0 Å². The lowest BCUT2D eigenvalue weighted by Crippen LogP contribution is -2.33. The van der Waals surface area contributed by atoms with Crippen molar-refractivity contribution in [1.29, 1.82) is 0 Å². The smallest absolute Gasteiger partial charge is 0.407 e. The molecule has 144 valence electrons. The lowest BCUT2D eigenvalue weighted by atomic mass is 10.1. The van der Waals surface area contributed by atoms with E-state index < -0.39 is 11.9 Å². The first-order valence-corrected chi connectivity index (χ1v) is 8.96. The molecule has 1 aliphatic rings. The Labute approximate surface area is 153 Å². The van der Waals surface area contributed by atoms with E-state index in [-0.39, 0.29) is 19.0 Å². The molecule has 1 aliphatic heterocycles. The van der Waals surface area contributed by atoms with Gasteiger partial charge in [0, 0.05) is 25.8 Å². The number of methoxy groups -OCH3 is 1. The van der Waals surface area contributed by atoms with Crippen LogP contribution in [0.25, 0.3) is 0 Å². The molecule has 0 aliphatic carbocycles. The third-order valence-electron chi connectivity index (χ3n) is 4.26. The average molecular weight is 365 g/mol. The number of alkyl carbamates (subject to hydrolysis) is 1. The second-order valence-corrected chi connectivity index (χ2v) is 6.14. The summed E-state index contributed by atoms with van der Waals surface area (Å²) in [5.41, 5.74) is 0.867. The van der Waals surface area contributed by atoms with Gasteiger partial charge in [0.05, 0.1) is 13.7 Å². The monoisotopic (exact) mass is 365 g/mol. The van der Waals surface area contributed by atoms with E-state index in [2.05, 4.69) is 5.32 Å². The fourth-order valence-corrected chi connectivity index (χ4v) is 2.71. The Hall–Kier alpha value is -2.28. The van der Waals surface area contributed by atoms with Gasteiger partial charge in [0.2, 0.25) is 5.79 Å². The van der Waals surface area contributed by atoms with Crippen molar-refractivity contribution in [2.75, 3.05) is 20.3 Å². The van der Waals surface area contributed by atoms with E-state index >= 15 is 0 Å². The summed E-state index contributed by atoms with van der Waals surface area (Å²) in [6.07, 6.45) is 2.49. The number of nitrogens with one attached hydrogen (secondary N) is 1. The Morgan fingerprint density at radius 2 is 2.04 bits per heavy atom. The van der Waals surface area contributed by atoms with Gasteiger partial charge in [-0.15, -0.1) is 0 Å². The number of amides is 1. The van der Waals surface area contributed by atoms with Crippen molar-refractivity contribution >= 4 is 12.1 Å². The van der Waals surface area contributed by atoms with Crippen LogP contribution in [0.2, 0.25) is 0 Å². The number of hydrogen-bond acceptors (Lipinski definition) is 6. The van der Waals surface area contributed by atoms with Crippen LogP contribution in [0.4, 0.5) is 4.79 Å². The molecule has 0 spiro atoms. The van der Waals surface area contributed by atoms with Crippen molar-refractivity contribution in [1.82, 2.24) is 5.32 Å². The summed E-state index contributed by atoms with van der Waals surface area (Å²) in [6.45, 7) is 3.09. The summed E-state index contributed by atoms with van der Waals surface area (Å²) in [5, 5.41) is 2.62. The van der Waals surface area contributed by atoms with Crippen LogP contribution in [0, 0.1) is 0 Å². The van der Waals surface area contributed by atoms with Gasteiger partial charge in [-0.3, -0.25) is 4.79 Å². The van der Waals surface area contributed by atoms with E-state index in [1.165, 1.54) is 0 Å². The highest BCUT2D eigenvalue weighted by Crippen LogP contribution is 2.30. The minimum Gasteiger partial charge on any atom is -0.497 e. The third-order valence-corrected chi connectivity index (χ3v) is 4.26. The van der Waals surface area contributed by atoms with Gasteiger partial charge in [0.25, 0.3) is 0 Å². The van der Waals surface area contributed by atoms with Crippen LogP contribution in [0.5, 0.6) is 5.75 Å². The van der Waals surface area contributed by atoms with E-state index in [4.69, 9.17) is 18.9 Å². The highest BCUT2D eigenvalue weighted by atomic mass is 16.7. The molecule has 1 N–H and O–H groups in total. The Kier molecular flexibility index (Phi) is 7.72. The SMILES string of the molecule is CCC1(OC(=O)CCCNC(=O)OCc2ccc(OC)cc2)CCCO1.